The summed E-state index contributed by atoms with van der Waals surface area (Å²) in [5.74, 6) is -0.759. The molecular weight excluding hydrogens is 510 g/mol. The van der Waals surface area contributed by atoms with Gasteiger partial charge in [-0.15, -0.1) is 5.10 Å². The fourth-order valence-electron chi connectivity index (χ4n) is 4.27. The van der Waals surface area contributed by atoms with Crippen LogP contribution in [0.4, 0.5) is 5.69 Å². The fraction of sp³-hybridized carbons (Fsp3) is 0.300. The highest BCUT2D eigenvalue weighted by molar-refractivity contribution is 6.02. The van der Waals surface area contributed by atoms with Crippen LogP contribution in [0.25, 0.3) is 11.0 Å². The number of anilines is 1. The van der Waals surface area contributed by atoms with Gasteiger partial charge < -0.3 is 14.8 Å². The summed E-state index contributed by atoms with van der Waals surface area (Å²) in [4.78, 5) is 42.0. The Balaban J connectivity index is 1.86. The van der Waals surface area contributed by atoms with Crippen LogP contribution in [0.1, 0.15) is 49.2 Å². The molecule has 0 fully saturated rings. The number of carbonyl (C=O) groups is 3. The second-order valence-corrected chi connectivity index (χ2v) is 9.94. The zero-order valence-corrected chi connectivity index (χ0v) is 23.2. The van der Waals surface area contributed by atoms with Crippen LogP contribution in [0.15, 0.2) is 72.8 Å². The third kappa shape index (κ3) is 6.12. The molecule has 3 aromatic carbocycles. The van der Waals surface area contributed by atoms with Gasteiger partial charge in [-0.3, -0.25) is 14.5 Å². The van der Waals surface area contributed by atoms with Crippen molar-refractivity contribution >= 4 is 34.5 Å². The molecule has 0 aliphatic carbocycles. The molecule has 0 bridgehead atoms. The van der Waals surface area contributed by atoms with Crippen LogP contribution in [0.5, 0.6) is 5.75 Å². The molecule has 0 aliphatic rings. The molecule has 4 aromatic rings. The maximum Gasteiger partial charge on any atom is 0.337 e. The second-order valence-electron chi connectivity index (χ2n) is 9.94. The highest BCUT2D eigenvalue weighted by Gasteiger charge is 2.35. The second kappa shape index (κ2) is 12.0. The van der Waals surface area contributed by atoms with Gasteiger partial charge >= 0.3 is 5.97 Å². The van der Waals surface area contributed by atoms with E-state index in [0.717, 1.165) is 0 Å². The summed E-state index contributed by atoms with van der Waals surface area (Å²) in [5, 5.41) is 11.4. The number of amides is 2. The molecule has 1 aromatic heterocycles. The van der Waals surface area contributed by atoms with E-state index in [1.54, 1.807) is 55.6 Å². The van der Waals surface area contributed by atoms with Crippen LogP contribution in [-0.4, -0.2) is 52.5 Å². The molecule has 10 nitrogen and oxygen atoms in total. The number of aromatic nitrogens is 3. The summed E-state index contributed by atoms with van der Waals surface area (Å²) in [6.07, 6.45) is 0.671. The van der Waals surface area contributed by atoms with Gasteiger partial charge in [0.25, 0.3) is 0 Å². The Morgan fingerprint density at radius 2 is 1.73 bits per heavy atom. The minimum absolute atomic E-state index is 0.194. The zero-order chi connectivity index (χ0) is 28.9. The predicted octanol–water partition coefficient (Wildman–Crippen LogP) is 4.31. The van der Waals surface area contributed by atoms with Gasteiger partial charge in [0.2, 0.25) is 11.8 Å². The molecule has 0 saturated heterocycles. The van der Waals surface area contributed by atoms with Crippen molar-refractivity contribution in [2.24, 2.45) is 0 Å². The van der Waals surface area contributed by atoms with Crippen molar-refractivity contribution in [3.05, 3.63) is 83.9 Å². The van der Waals surface area contributed by atoms with Crippen molar-refractivity contribution < 1.29 is 23.9 Å². The van der Waals surface area contributed by atoms with Gasteiger partial charge in [-0.05, 0) is 68.3 Å². The summed E-state index contributed by atoms with van der Waals surface area (Å²) >= 11 is 0. The molecule has 0 radical (unpaired) electrons. The minimum atomic E-state index is -1.08. The molecule has 0 aliphatic heterocycles. The molecular formula is C30H33N5O5. The number of ether oxygens (including phenoxy) is 2. The summed E-state index contributed by atoms with van der Waals surface area (Å²) in [6, 6.07) is 19.6. The first-order valence-electron chi connectivity index (χ1n) is 12.9. The Kier molecular flexibility index (Phi) is 8.47. The van der Waals surface area contributed by atoms with Crippen LogP contribution >= 0.6 is 0 Å². The van der Waals surface area contributed by atoms with Crippen LogP contribution < -0.4 is 15.0 Å². The summed E-state index contributed by atoms with van der Waals surface area (Å²) < 4.78 is 11.7. The Morgan fingerprint density at radius 1 is 1.00 bits per heavy atom. The minimum Gasteiger partial charge on any atom is -0.497 e. The number of para-hydroxylation sites is 1. The first-order chi connectivity index (χ1) is 19.2. The molecule has 0 unspecified atom stereocenters. The number of carbonyl (C=O) groups excluding carboxylic acids is 3. The summed E-state index contributed by atoms with van der Waals surface area (Å²) in [5.41, 5.74) is 1.94. The smallest absolute Gasteiger partial charge is 0.337 e. The number of nitrogens with one attached hydrogen (secondary N) is 1. The van der Waals surface area contributed by atoms with E-state index in [1.807, 2.05) is 39.0 Å². The average Bonchev–Trinajstić information content (AvgIpc) is 3.37. The lowest BCUT2D eigenvalue weighted by Crippen LogP contribution is -2.51. The molecule has 2 amide bonds. The predicted molar refractivity (Wildman–Crippen MR) is 151 cm³/mol. The Labute approximate surface area is 232 Å². The van der Waals surface area contributed by atoms with E-state index in [-0.39, 0.29) is 18.0 Å². The number of benzene rings is 3. The van der Waals surface area contributed by atoms with Gasteiger partial charge in [0.05, 0.1) is 25.3 Å². The quantitative estimate of drug-likeness (QED) is 0.297. The normalized spacial score (nSPS) is 12.0. The molecule has 0 saturated carbocycles. The Bertz CT molecular complexity index is 1510. The van der Waals surface area contributed by atoms with E-state index in [2.05, 4.69) is 15.6 Å². The molecule has 4 rings (SSSR count). The molecule has 208 valence electrons. The number of hydrogen-bond acceptors (Lipinski definition) is 7. The van der Waals surface area contributed by atoms with Crippen LogP contribution in [0.3, 0.4) is 0 Å². The van der Waals surface area contributed by atoms with E-state index >= 15 is 0 Å². The molecule has 40 heavy (non-hydrogen) atoms. The van der Waals surface area contributed by atoms with E-state index in [4.69, 9.17) is 9.47 Å². The van der Waals surface area contributed by atoms with Crippen molar-refractivity contribution in [2.45, 2.75) is 45.3 Å². The number of nitrogens with zero attached hydrogens (tertiary/aromatic N) is 4. The van der Waals surface area contributed by atoms with E-state index < -0.39 is 23.5 Å². The van der Waals surface area contributed by atoms with Gasteiger partial charge in [0.15, 0.2) is 0 Å². The first-order valence-corrected chi connectivity index (χ1v) is 12.9. The average molecular weight is 544 g/mol. The van der Waals surface area contributed by atoms with Crippen molar-refractivity contribution in [3.63, 3.8) is 0 Å². The van der Waals surface area contributed by atoms with Gasteiger partial charge in [-0.2, -0.15) is 0 Å². The monoisotopic (exact) mass is 543 g/mol. The zero-order valence-electron chi connectivity index (χ0n) is 23.2. The highest BCUT2D eigenvalue weighted by Crippen LogP contribution is 2.31. The Hall–Kier alpha value is -4.73. The fourth-order valence-corrected chi connectivity index (χ4v) is 4.27. The summed E-state index contributed by atoms with van der Waals surface area (Å²) in [6.45, 7) is 5.62. The topological polar surface area (TPSA) is 116 Å². The maximum absolute atomic E-state index is 14.2. The molecule has 1 heterocycles. The van der Waals surface area contributed by atoms with Crippen LogP contribution in [-0.2, 0) is 20.9 Å². The lowest BCUT2D eigenvalue weighted by molar-refractivity contribution is -0.128. The van der Waals surface area contributed by atoms with Crippen molar-refractivity contribution in [2.75, 3.05) is 19.1 Å². The van der Waals surface area contributed by atoms with Gasteiger partial charge in [0, 0.05) is 11.2 Å². The number of methoxy groups -OCH3 is 2. The largest absolute Gasteiger partial charge is 0.497 e. The summed E-state index contributed by atoms with van der Waals surface area (Å²) in [7, 11) is 2.84. The molecule has 0 spiro atoms. The van der Waals surface area contributed by atoms with Gasteiger partial charge in [-0.1, -0.05) is 42.5 Å². The van der Waals surface area contributed by atoms with Gasteiger partial charge in [-0.25, -0.2) is 9.48 Å². The van der Waals surface area contributed by atoms with Crippen LogP contribution in [0, 0.1) is 0 Å². The van der Waals surface area contributed by atoms with E-state index in [0.29, 0.717) is 34.5 Å². The highest BCUT2D eigenvalue weighted by atomic mass is 16.5. The molecule has 10 heteroatoms. The third-order valence-corrected chi connectivity index (χ3v) is 6.80. The lowest BCUT2D eigenvalue weighted by atomic mass is 9.98. The standard InChI is InChI=1S/C30H33N5O5/c1-6-30(2,3)31-28(37)27(20-14-16-23(39-4)17-15-20)35(22-11-9-10-21(18-22)29(38)40-5)26(36)19-34-25-13-8-7-12-24(25)32-33-34/h7-18,27H,6,19H2,1-5H3,(H,31,37)/t27-/m0/s1. The van der Waals surface area contributed by atoms with Crippen LogP contribution in [0.2, 0.25) is 0 Å². The number of rotatable bonds is 10. The molecule has 1 atom stereocenters. The molecule has 1 N–H and O–H groups in total. The first kappa shape index (κ1) is 28.3. The SMILES string of the molecule is CCC(C)(C)NC(=O)[C@H](c1ccc(OC)cc1)N(C(=O)Cn1nnc2ccccc21)c1cccc(C(=O)OC)c1. The lowest BCUT2D eigenvalue weighted by Gasteiger charge is -2.34. The van der Waals surface area contributed by atoms with Crippen molar-refractivity contribution in [1.29, 1.82) is 0 Å². The van der Waals surface area contributed by atoms with Crippen molar-refractivity contribution in [3.8, 4) is 5.75 Å². The van der Waals surface area contributed by atoms with E-state index in [1.165, 1.54) is 22.8 Å². The number of fused-ring (bicyclic) bond motifs is 1. The number of esters is 1. The maximum atomic E-state index is 14.2. The Morgan fingerprint density at radius 3 is 2.40 bits per heavy atom. The number of hydrogen-bond donors (Lipinski definition) is 1. The van der Waals surface area contributed by atoms with Gasteiger partial charge in [0.1, 0.15) is 23.9 Å². The van der Waals surface area contributed by atoms with E-state index in [9.17, 15) is 14.4 Å². The third-order valence-electron chi connectivity index (χ3n) is 6.80. The van der Waals surface area contributed by atoms with Crippen molar-refractivity contribution in [1.82, 2.24) is 20.3 Å².